The molecule has 0 aromatic heterocycles. The minimum Gasteiger partial charge on any atom is -0.504 e. The first-order chi connectivity index (χ1) is 8.26. The van der Waals surface area contributed by atoms with Gasteiger partial charge in [-0.15, -0.1) is 0 Å². The van der Waals surface area contributed by atoms with E-state index in [2.05, 4.69) is 5.48 Å². The van der Waals surface area contributed by atoms with Gasteiger partial charge in [0, 0.05) is 11.6 Å². The molecule has 17 heavy (non-hydrogen) atoms. The maximum absolute atomic E-state index is 10.0. The van der Waals surface area contributed by atoms with E-state index in [1.165, 1.54) is 5.56 Å². The van der Waals surface area contributed by atoms with Crippen LogP contribution < -0.4 is 10.2 Å². The smallest absolute Gasteiger partial charge is 0.161 e. The Hall–Kier alpha value is -1.26. The van der Waals surface area contributed by atoms with Crippen LogP contribution in [0.4, 0.5) is 0 Å². The lowest BCUT2D eigenvalue weighted by molar-refractivity contribution is 0.0211. The molecule has 4 heteroatoms. The summed E-state index contributed by atoms with van der Waals surface area (Å²) in [6.07, 6.45) is 2.70. The first kappa shape index (κ1) is 12.2. The van der Waals surface area contributed by atoms with Crippen molar-refractivity contribution in [1.29, 1.82) is 0 Å². The van der Waals surface area contributed by atoms with Gasteiger partial charge in [-0.05, 0) is 37.8 Å². The summed E-state index contributed by atoms with van der Waals surface area (Å²) in [5, 5.41) is 10.0. The lowest BCUT2D eigenvalue weighted by Gasteiger charge is -2.26. The van der Waals surface area contributed by atoms with Crippen LogP contribution in [0, 0.1) is 0 Å². The number of aromatic hydroxyl groups is 1. The third-order valence-electron chi connectivity index (χ3n) is 3.17. The van der Waals surface area contributed by atoms with E-state index in [1.807, 2.05) is 19.1 Å². The van der Waals surface area contributed by atoms with Crippen molar-refractivity contribution in [2.45, 2.75) is 32.2 Å². The number of methoxy groups -OCH3 is 1. The number of hydrogen-bond donors (Lipinski definition) is 2. The molecule has 0 saturated carbocycles. The number of phenolic OH excluding ortho intramolecular Hbond substituents is 1. The number of rotatable bonds is 4. The summed E-state index contributed by atoms with van der Waals surface area (Å²) in [4.78, 5) is 5.23. The van der Waals surface area contributed by atoms with Gasteiger partial charge in [0.1, 0.15) is 0 Å². The molecule has 0 aliphatic heterocycles. The summed E-state index contributed by atoms with van der Waals surface area (Å²) < 4.78 is 5.11. The highest BCUT2D eigenvalue weighted by molar-refractivity contribution is 5.51. The Morgan fingerprint density at radius 1 is 1.47 bits per heavy atom. The van der Waals surface area contributed by atoms with E-state index in [0.29, 0.717) is 24.1 Å². The minimum absolute atomic E-state index is 0.292. The monoisotopic (exact) mass is 237 g/mol. The van der Waals surface area contributed by atoms with E-state index in [-0.39, 0.29) is 0 Å². The summed E-state index contributed by atoms with van der Waals surface area (Å²) in [5.41, 5.74) is 5.23. The van der Waals surface area contributed by atoms with Crippen molar-refractivity contribution < 1.29 is 14.7 Å². The number of benzene rings is 1. The van der Waals surface area contributed by atoms with Crippen molar-refractivity contribution >= 4 is 0 Å². The van der Waals surface area contributed by atoms with Gasteiger partial charge in [0.2, 0.25) is 0 Å². The zero-order valence-electron chi connectivity index (χ0n) is 10.3. The maximum atomic E-state index is 10.0. The SMILES string of the molecule is CCONC1CCc2c(ccc(OC)c2O)C1. The number of fused-ring (bicyclic) bond motifs is 1. The van der Waals surface area contributed by atoms with Gasteiger partial charge in [-0.3, -0.25) is 0 Å². The van der Waals surface area contributed by atoms with Crippen LogP contribution in [0.3, 0.4) is 0 Å². The van der Waals surface area contributed by atoms with Gasteiger partial charge in [-0.25, -0.2) is 0 Å². The molecular formula is C13H19NO3. The summed E-state index contributed by atoms with van der Waals surface area (Å²) >= 11 is 0. The van der Waals surface area contributed by atoms with Gasteiger partial charge < -0.3 is 14.7 Å². The molecule has 2 rings (SSSR count). The molecule has 1 aliphatic rings. The number of hydroxylamine groups is 1. The number of hydrogen-bond acceptors (Lipinski definition) is 4. The maximum Gasteiger partial charge on any atom is 0.161 e. The quantitative estimate of drug-likeness (QED) is 0.784. The molecule has 94 valence electrons. The van der Waals surface area contributed by atoms with Gasteiger partial charge in [-0.2, -0.15) is 5.48 Å². The van der Waals surface area contributed by atoms with E-state index in [9.17, 15) is 5.11 Å². The highest BCUT2D eigenvalue weighted by Gasteiger charge is 2.22. The van der Waals surface area contributed by atoms with Crippen LogP contribution in [-0.2, 0) is 17.7 Å². The van der Waals surface area contributed by atoms with Crippen molar-refractivity contribution in [3.8, 4) is 11.5 Å². The summed E-state index contributed by atoms with van der Waals surface area (Å²) in [6, 6.07) is 4.17. The molecule has 0 heterocycles. The molecule has 0 bridgehead atoms. The second kappa shape index (κ2) is 5.38. The van der Waals surface area contributed by atoms with Crippen LogP contribution in [-0.4, -0.2) is 24.9 Å². The van der Waals surface area contributed by atoms with Crippen LogP contribution in [0.15, 0.2) is 12.1 Å². The Morgan fingerprint density at radius 2 is 2.29 bits per heavy atom. The molecule has 0 saturated heterocycles. The molecule has 1 aliphatic carbocycles. The van der Waals surface area contributed by atoms with E-state index < -0.39 is 0 Å². The number of nitrogens with one attached hydrogen (secondary N) is 1. The Bertz CT molecular complexity index is 392. The molecule has 0 fully saturated rings. The van der Waals surface area contributed by atoms with Crippen molar-refractivity contribution in [3.05, 3.63) is 23.3 Å². The number of phenols is 1. The standard InChI is InChI=1S/C13H19NO3/c1-3-17-14-10-5-6-11-9(8-10)4-7-12(16-2)13(11)15/h4,7,10,14-15H,3,5-6,8H2,1-2H3. The second-order valence-corrected chi connectivity index (χ2v) is 4.24. The molecule has 4 nitrogen and oxygen atoms in total. The minimum atomic E-state index is 0.292. The Balaban J connectivity index is 2.14. The average molecular weight is 237 g/mol. The topological polar surface area (TPSA) is 50.7 Å². The summed E-state index contributed by atoms with van der Waals surface area (Å²) in [6.45, 7) is 2.62. The third kappa shape index (κ3) is 2.53. The Morgan fingerprint density at radius 3 is 3.00 bits per heavy atom. The van der Waals surface area contributed by atoms with E-state index in [1.54, 1.807) is 7.11 Å². The predicted molar refractivity (Wildman–Crippen MR) is 65.2 cm³/mol. The van der Waals surface area contributed by atoms with Gasteiger partial charge in [-0.1, -0.05) is 6.07 Å². The number of ether oxygens (including phenoxy) is 1. The van der Waals surface area contributed by atoms with Gasteiger partial charge in [0.25, 0.3) is 0 Å². The zero-order chi connectivity index (χ0) is 12.3. The molecule has 1 aromatic rings. The van der Waals surface area contributed by atoms with Crippen LogP contribution in [0.1, 0.15) is 24.5 Å². The van der Waals surface area contributed by atoms with Crippen LogP contribution in [0.2, 0.25) is 0 Å². The molecule has 1 aromatic carbocycles. The highest BCUT2D eigenvalue weighted by atomic mass is 16.6. The molecule has 2 N–H and O–H groups in total. The van der Waals surface area contributed by atoms with Crippen molar-refractivity contribution in [2.24, 2.45) is 0 Å². The van der Waals surface area contributed by atoms with Crippen molar-refractivity contribution in [2.75, 3.05) is 13.7 Å². The van der Waals surface area contributed by atoms with Crippen molar-refractivity contribution in [3.63, 3.8) is 0 Å². The Labute approximate surface area is 102 Å². The molecule has 1 unspecified atom stereocenters. The first-order valence-corrected chi connectivity index (χ1v) is 6.01. The van der Waals surface area contributed by atoms with Crippen LogP contribution >= 0.6 is 0 Å². The summed E-state index contributed by atoms with van der Waals surface area (Å²) in [7, 11) is 1.57. The highest BCUT2D eigenvalue weighted by Crippen LogP contribution is 2.36. The second-order valence-electron chi connectivity index (χ2n) is 4.24. The van der Waals surface area contributed by atoms with E-state index >= 15 is 0 Å². The van der Waals surface area contributed by atoms with E-state index in [0.717, 1.165) is 24.8 Å². The van der Waals surface area contributed by atoms with Gasteiger partial charge in [0.05, 0.1) is 13.7 Å². The lowest BCUT2D eigenvalue weighted by Crippen LogP contribution is -2.34. The first-order valence-electron chi connectivity index (χ1n) is 6.01. The van der Waals surface area contributed by atoms with Gasteiger partial charge in [0.15, 0.2) is 11.5 Å². The fourth-order valence-electron chi connectivity index (χ4n) is 2.28. The third-order valence-corrected chi connectivity index (χ3v) is 3.17. The zero-order valence-corrected chi connectivity index (χ0v) is 10.3. The normalized spacial score (nSPS) is 18.8. The fourth-order valence-corrected chi connectivity index (χ4v) is 2.28. The van der Waals surface area contributed by atoms with E-state index in [4.69, 9.17) is 9.57 Å². The predicted octanol–water partition coefficient (Wildman–Crippen LogP) is 1.80. The molecule has 0 amide bonds. The van der Waals surface area contributed by atoms with Crippen molar-refractivity contribution in [1.82, 2.24) is 5.48 Å². The largest absolute Gasteiger partial charge is 0.504 e. The molecule has 1 atom stereocenters. The van der Waals surface area contributed by atoms with Crippen LogP contribution in [0.5, 0.6) is 11.5 Å². The fraction of sp³-hybridized carbons (Fsp3) is 0.538. The van der Waals surface area contributed by atoms with Gasteiger partial charge >= 0.3 is 0 Å². The average Bonchev–Trinajstić information content (AvgIpc) is 2.37. The molecular weight excluding hydrogens is 218 g/mol. The molecule has 0 radical (unpaired) electrons. The molecule has 0 spiro atoms. The Kier molecular flexibility index (Phi) is 3.86. The lowest BCUT2D eigenvalue weighted by atomic mass is 9.88. The van der Waals surface area contributed by atoms with Crippen LogP contribution in [0.25, 0.3) is 0 Å². The summed E-state index contributed by atoms with van der Waals surface area (Å²) in [5.74, 6) is 0.847.